The van der Waals surface area contributed by atoms with Crippen molar-refractivity contribution in [2.75, 3.05) is 19.0 Å². The Kier molecular flexibility index (Phi) is 5.36. The maximum absolute atomic E-state index is 12.1. The lowest BCUT2D eigenvalue weighted by Crippen LogP contribution is -2.36. The number of amides is 1. The molecule has 1 aromatic carbocycles. The average molecular weight is 299 g/mol. The van der Waals surface area contributed by atoms with Gasteiger partial charge in [-0.2, -0.15) is 0 Å². The Balaban J connectivity index is 1.93. The van der Waals surface area contributed by atoms with Crippen LogP contribution in [0.1, 0.15) is 12.5 Å². The molecule has 1 atom stereocenters. The van der Waals surface area contributed by atoms with Crippen LogP contribution in [-0.4, -0.2) is 31.1 Å². The first-order chi connectivity index (χ1) is 10.6. The smallest absolute Gasteiger partial charge is 0.261 e. The van der Waals surface area contributed by atoms with Crippen LogP contribution in [0, 0.1) is 0 Å². The van der Waals surface area contributed by atoms with E-state index in [0.717, 1.165) is 11.4 Å². The lowest BCUT2D eigenvalue weighted by molar-refractivity contribution is -0.127. The van der Waals surface area contributed by atoms with Crippen LogP contribution in [-0.2, 0) is 11.3 Å². The predicted octanol–water partition coefficient (Wildman–Crippen LogP) is 2.23. The molecule has 1 amide bonds. The highest BCUT2D eigenvalue weighted by molar-refractivity contribution is 5.80. The van der Waals surface area contributed by atoms with Gasteiger partial charge in [-0.25, -0.2) is 4.98 Å². The van der Waals surface area contributed by atoms with E-state index in [0.29, 0.717) is 12.3 Å². The predicted molar refractivity (Wildman–Crippen MR) is 86.9 cm³/mol. The Morgan fingerprint density at radius 1 is 1.23 bits per heavy atom. The second-order valence-electron chi connectivity index (χ2n) is 5.17. The number of rotatable bonds is 6. The molecule has 5 heteroatoms. The fraction of sp³-hybridized carbons (Fsp3) is 0.294. The Morgan fingerprint density at radius 3 is 2.64 bits per heavy atom. The number of carbonyl (C=O) groups is 1. The summed E-state index contributed by atoms with van der Waals surface area (Å²) >= 11 is 0. The van der Waals surface area contributed by atoms with Gasteiger partial charge < -0.3 is 15.0 Å². The normalized spacial score (nSPS) is 11.6. The van der Waals surface area contributed by atoms with Crippen LogP contribution in [0.2, 0.25) is 0 Å². The zero-order chi connectivity index (χ0) is 15.9. The molecule has 0 bridgehead atoms. The van der Waals surface area contributed by atoms with Crippen LogP contribution in [0.5, 0.6) is 5.75 Å². The topological polar surface area (TPSA) is 54.5 Å². The maximum Gasteiger partial charge on any atom is 0.261 e. The van der Waals surface area contributed by atoms with E-state index in [4.69, 9.17) is 4.74 Å². The molecule has 5 nitrogen and oxygen atoms in total. The van der Waals surface area contributed by atoms with Gasteiger partial charge in [0.15, 0.2) is 6.10 Å². The van der Waals surface area contributed by atoms with Crippen LogP contribution in [0.3, 0.4) is 0 Å². The first-order valence-electron chi connectivity index (χ1n) is 7.18. The molecule has 1 aromatic heterocycles. The fourth-order valence-electron chi connectivity index (χ4n) is 2.05. The van der Waals surface area contributed by atoms with Gasteiger partial charge in [0.1, 0.15) is 11.6 Å². The molecule has 2 rings (SSSR count). The zero-order valence-corrected chi connectivity index (χ0v) is 13.1. The molecule has 0 aliphatic heterocycles. The highest BCUT2D eigenvalue weighted by atomic mass is 16.5. The average Bonchev–Trinajstić information content (AvgIpc) is 2.53. The number of pyridine rings is 1. The van der Waals surface area contributed by atoms with Gasteiger partial charge in [-0.15, -0.1) is 0 Å². The van der Waals surface area contributed by atoms with Gasteiger partial charge in [0, 0.05) is 32.4 Å². The fourth-order valence-corrected chi connectivity index (χ4v) is 2.05. The van der Waals surface area contributed by atoms with Crippen molar-refractivity contribution in [2.45, 2.75) is 19.6 Å². The number of carbonyl (C=O) groups excluding carboxylic acids is 1. The van der Waals surface area contributed by atoms with Crippen molar-refractivity contribution in [2.24, 2.45) is 0 Å². The molecule has 116 valence electrons. The number of aromatic nitrogens is 1. The molecule has 0 fully saturated rings. The summed E-state index contributed by atoms with van der Waals surface area (Å²) in [5.74, 6) is 1.37. The van der Waals surface area contributed by atoms with E-state index in [-0.39, 0.29) is 5.91 Å². The molecule has 0 saturated heterocycles. The third kappa shape index (κ3) is 4.22. The molecule has 0 spiro atoms. The number of hydrogen-bond acceptors (Lipinski definition) is 4. The summed E-state index contributed by atoms with van der Waals surface area (Å²) in [6, 6.07) is 13.1. The van der Waals surface area contributed by atoms with E-state index in [1.165, 1.54) is 0 Å². The summed E-state index contributed by atoms with van der Waals surface area (Å²) in [5.41, 5.74) is 0.966. The molecule has 0 saturated carbocycles. The number of nitrogens with zero attached hydrogens (tertiary/aromatic N) is 2. The summed E-state index contributed by atoms with van der Waals surface area (Å²) in [7, 11) is 3.85. The van der Waals surface area contributed by atoms with Crippen molar-refractivity contribution in [1.82, 2.24) is 10.3 Å². The summed E-state index contributed by atoms with van der Waals surface area (Å²) in [6.07, 6.45) is 1.18. The maximum atomic E-state index is 12.1. The van der Waals surface area contributed by atoms with Crippen LogP contribution < -0.4 is 15.0 Å². The molecule has 0 aliphatic rings. The van der Waals surface area contributed by atoms with Gasteiger partial charge in [-0.3, -0.25) is 4.79 Å². The van der Waals surface area contributed by atoms with Gasteiger partial charge in [0.05, 0.1) is 0 Å². The monoisotopic (exact) mass is 299 g/mol. The molecule has 2 aromatic rings. The number of para-hydroxylation sites is 1. The third-order valence-corrected chi connectivity index (χ3v) is 3.17. The van der Waals surface area contributed by atoms with Crippen molar-refractivity contribution in [3.8, 4) is 5.75 Å². The number of hydrogen-bond donors (Lipinski definition) is 1. The van der Waals surface area contributed by atoms with Crippen molar-refractivity contribution < 1.29 is 9.53 Å². The van der Waals surface area contributed by atoms with Crippen molar-refractivity contribution in [3.63, 3.8) is 0 Å². The van der Waals surface area contributed by atoms with E-state index in [1.807, 2.05) is 61.5 Å². The summed E-state index contributed by atoms with van der Waals surface area (Å²) in [6.45, 7) is 2.15. The molecule has 1 heterocycles. The van der Waals surface area contributed by atoms with Gasteiger partial charge >= 0.3 is 0 Å². The van der Waals surface area contributed by atoms with E-state index in [1.54, 1.807) is 13.1 Å². The van der Waals surface area contributed by atoms with E-state index in [9.17, 15) is 4.79 Å². The van der Waals surface area contributed by atoms with E-state index < -0.39 is 6.10 Å². The minimum atomic E-state index is -0.554. The molecular weight excluding hydrogens is 278 g/mol. The number of nitrogens with one attached hydrogen (secondary N) is 1. The number of ether oxygens (including phenoxy) is 1. The van der Waals surface area contributed by atoms with E-state index >= 15 is 0 Å². The van der Waals surface area contributed by atoms with Gasteiger partial charge in [0.25, 0.3) is 5.91 Å². The van der Waals surface area contributed by atoms with Crippen LogP contribution in [0.25, 0.3) is 0 Å². The summed E-state index contributed by atoms with van der Waals surface area (Å²) < 4.78 is 5.60. The third-order valence-electron chi connectivity index (χ3n) is 3.17. The SMILES string of the molecule is C[C@H](Oc1ccccc1)C(=O)NCc1cccnc1N(C)C. The van der Waals surface area contributed by atoms with Crippen LogP contribution in [0.4, 0.5) is 5.82 Å². The molecular formula is C17H21N3O2. The first-order valence-corrected chi connectivity index (χ1v) is 7.18. The highest BCUT2D eigenvalue weighted by Crippen LogP contribution is 2.14. The minimum absolute atomic E-state index is 0.155. The summed E-state index contributed by atoms with van der Waals surface area (Å²) in [5, 5.41) is 2.88. The van der Waals surface area contributed by atoms with Crippen molar-refractivity contribution in [1.29, 1.82) is 0 Å². The highest BCUT2D eigenvalue weighted by Gasteiger charge is 2.15. The number of benzene rings is 1. The molecule has 0 radical (unpaired) electrons. The summed E-state index contributed by atoms with van der Waals surface area (Å²) in [4.78, 5) is 18.4. The van der Waals surface area contributed by atoms with E-state index in [2.05, 4.69) is 10.3 Å². The largest absolute Gasteiger partial charge is 0.481 e. The van der Waals surface area contributed by atoms with Gasteiger partial charge in [-0.05, 0) is 25.1 Å². The Bertz CT molecular complexity index is 614. The standard InChI is InChI=1S/C17H21N3O2/c1-13(22-15-9-5-4-6-10-15)17(21)19-12-14-8-7-11-18-16(14)20(2)3/h4-11,13H,12H2,1-3H3,(H,19,21)/t13-/m0/s1. The van der Waals surface area contributed by atoms with Crippen LogP contribution >= 0.6 is 0 Å². The molecule has 1 N–H and O–H groups in total. The Morgan fingerprint density at radius 2 is 1.95 bits per heavy atom. The second kappa shape index (κ2) is 7.45. The minimum Gasteiger partial charge on any atom is -0.481 e. The van der Waals surface area contributed by atoms with Crippen molar-refractivity contribution >= 4 is 11.7 Å². The second-order valence-corrected chi connectivity index (χ2v) is 5.17. The molecule has 22 heavy (non-hydrogen) atoms. The van der Waals surface area contributed by atoms with Crippen molar-refractivity contribution in [3.05, 3.63) is 54.2 Å². The lowest BCUT2D eigenvalue weighted by atomic mass is 10.2. The van der Waals surface area contributed by atoms with Crippen LogP contribution in [0.15, 0.2) is 48.7 Å². The molecule has 0 aliphatic carbocycles. The molecule has 0 unspecified atom stereocenters. The Labute approximate surface area is 130 Å². The quantitative estimate of drug-likeness (QED) is 0.888. The zero-order valence-electron chi connectivity index (χ0n) is 13.1. The first kappa shape index (κ1) is 15.8. The van der Waals surface area contributed by atoms with Gasteiger partial charge in [0.2, 0.25) is 0 Å². The lowest BCUT2D eigenvalue weighted by Gasteiger charge is -2.18. The Hall–Kier alpha value is -2.56. The van der Waals surface area contributed by atoms with Gasteiger partial charge in [-0.1, -0.05) is 24.3 Å². The number of anilines is 1.